The third-order valence-electron chi connectivity index (χ3n) is 3.50. The zero-order chi connectivity index (χ0) is 13.2. The van der Waals surface area contributed by atoms with E-state index in [2.05, 4.69) is 17.1 Å². The summed E-state index contributed by atoms with van der Waals surface area (Å²) in [6, 6.07) is 3.81. The quantitative estimate of drug-likeness (QED) is 0.767. The van der Waals surface area contributed by atoms with Crippen LogP contribution in [0.4, 0.5) is 0 Å². The van der Waals surface area contributed by atoms with E-state index in [0.717, 1.165) is 6.42 Å². The fourth-order valence-corrected chi connectivity index (χ4v) is 2.37. The molecule has 1 fully saturated rings. The largest absolute Gasteiger partial charge is 0.380 e. The SMILES string of the molecule is CC1CCOCCN1C(=O)c1cccn2cnnc12. The minimum atomic E-state index is -0.00315. The van der Waals surface area contributed by atoms with Crippen molar-refractivity contribution >= 4 is 11.6 Å². The van der Waals surface area contributed by atoms with E-state index in [9.17, 15) is 4.79 Å². The number of carbonyl (C=O) groups is 1. The average Bonchev–Trinajstić information content (AvgIpc) is 2.80. The Balaban J connectivity index is 1.96. The Kier molecular flexibility index (Phi) is 3.16. The third-order valence-corrected chi connectivity index (χ3v) is 3.50. The standard InChI is InChI=1S/C13H16N4O2/c1-10-4-7-19-8-6-17(10)13(18)11-3-2-5-16-9-14-15-12(11)16/h2-3,5,9-10H,4,6-8H2,1H3. The molecule has 1 aliphatic rings. The molecule has 19 heavy (non-hydrogen) atoms. The third kappa shape index (κ3) is 2.19. The summed E-state index contributed by atoms with van der Waals surface area (Å²) in [6.07, 6.45) is 4.30. The summed E-state index contributed by atoms with van der Waals surface area (Å²) < 4.78 is 7.18. The molecule has 1 atom stereocenters. The van der Waals surface area contributed by atoms with Gasteiger partial charge < -0.3 is 9.64 Å². The molecule has 3 rings (SSSR count). The summed E-state index contributed by atoms with van der Waals surface area (Å²) in [7, 11) is 0. The van der Waals surface area contributed by atoms with Crippen molar-refractivity contribution in [3.63, 3.8) is 0 Å². The van der Waals surface area contributed by atoms with Crippen LogP contribution in [-0.2, 0) is 4.74 Å². The van der Waals surface area contributed by atoms with Gasteiger partial charge in [0.15, 0.2) is 5.65 Å². The van der Waals surface area contributed by atoms with E-state index in [0.29, 0.717) is 31.0 Å². The molecule has 0 bridgehead atoms. The first-order chi connectivity index (χ1) is 9.27. The van der Waals surface area contributed by atoms with Gasteiger partial charge in [-0.1, -0.05) is 0 Å². The normalized spacial score (nSPS) is 20.5. The van der Waals surface area contributed by atoms with Crippen molar-refractivity contribution in [2.45, 2.75) is 19.4 Å². The number of rotatable bonds is 1. The second-order valence-corrected chi connectivity index (χ2v) is 4.73. The number of nitrogens with zero attached hydrogens (tertiary/aromatic N) is 4. The van der Waals surface area contributed by atoms with Crippen LogP contribution >= 0.6 is 0 Å². The van der Waals surface area contributed by atoms with Crippen LogP contribution in [0, 0.1) is 0 Å². The molecular formula is C13H16N4O2. The predicted octanol–water partition coefficient (Wildman–Crippen LogP) is 0.980. The minimum absolute atomic E-state index is 0.00315. The lowest BCUT2D eigenvalue weighted by molar-refractivity contribution is 0.0688. The maximum Gasteiger partial charge on any atom is 0.258 e. The Morgan fingerprint density at radius 1 is 1.47 bits per heavy atom. The first kappa shape index (κ1) is 12.1. The highest BCUT2D eigenvalue weighted by atomic mass is 16.5. The van der Waals surface area contributed by atoms with Gasteiger partial charge in [0.2, 0.25) is 0 Å². The molecule has 2 aromatic rings. The summed E-state index contributed by atoms with van der Waals surface area (Å²) >= 11 is 0. The fraction of sp³-hybridized carbons (Fsp3) is 0.462. The van der Waals surface area contributed by atoms with Crippen LogP contribution < -0.4 is 0 Å². The lowest BCUT2D eigenvalue weighted by atomic mass is 10.1. The predicted molar refractivity (Wildman–Crippen MR) is 68.9 cm³/mol. The van der Waals surface area contributed by atoms with E-state index in [-0.39, 0.29) is 11.9 Å². The van der Waals surface area contributed by atoms with Crippen molar-refractivity contribution in [2.24, 2.45) is 0 Å². The molecule has 0 N–H and O–H groups in total. The zero-order valence-corrected chi connectivity index (χ0v) is 10.8. The first-order valence-corrected chi connectivity index (χ1v) is 6.44. The molecule has 1 unspecified atom stereocenters. The lowest BCUT2D eigenvalue weighted by Crippen LogP contribution is -2.39. The molecule has 6 nitrogen and oxygen atoms in total. The van der Waals surface area contributed by atoms with Gasteiger partial charge in [0, 0.05) is 25.4 Å². The van der Waals surface area contributed by atoms with Crippen LogP contribution in [0.1, 0.15) is 23.7 Å². The summed E-state index contributed by atoms with van der Waals surface area (Å²) in [5, 5.41) is 7.86. The number of amides is 1. The molecule has 100 valence electrons. The van der Waals surface area contributed by atoms with Crippen molar-refractivity contribution in [1.82, 2.24) is 19.5 Å². The monoisotopic (exact) mass is 260 g/mol. The molecule has 1 amide bonds. The Hall–Kier alpha value is -1.95. The smallest absolute Gasteiger partial charge is 0.258 e. The molecule has 2 aromatic heterocycles. The van der Waals surface area contributed by atoms with Crippen molar-refractivity contribution in [1.29, 1.82) is 0 Å². The lowest BCUT2D eigenvalue weighted by Gasteiger charge is -2.26. The Labute approximate surface area is 111 Å². The Morgan fingerprint density at radius 3 is 3.26 bits per heavy atom. The molecule has 0 spiro atoms. The number of fused-ring (bicyclic) bond motifs is 1. The highest BCUT2D eigenvalue weighted by Crippen LogP contribution is 2.16. The number of pyridine rings is 1. The molecule has 6 heteroatoms. The van der Waals surface area contributed by atoms with Gasteiger partial charge in [0.25, 0.3) is 5.91 Å². The van der Waals surface area contributed by atoms with Crippen molar-refractivity contribution < 1.29 is 9.53 Å². The number of ether oxygens (including phenoxy) is 1. The maximum atomic E-state index is 12.7. The van der Waals surface area contributed by atoms with Gasteiger partial charge in [-0.3, -0.25) is 9.20 Å². The highest BCUT2D eigenvalue weighted by molar-refractivity contribution is 5.99. The zero-order valence-electron chi connectivity index (χ0n) is 10.8. The highest BCUT2D eigenvalue weighted by Gasteiger charge is 2.25. The first-order valence-electron chi connectivity index (χ1n) is 6.44. The van der Waals surface area contributed by atoms with E-state index >= 15 is 0 Å². The maximum absolute atomic E-state index is 12.7. The molecule has 0 radical (unpaired) electrons. The van der Waals surface area contributed by atoms with Crippen LogP contribution in [0.5, 0.6) is 0 Å². The number of aromatic nitrogens is 3. The van der Waals surface area contributed by atoms with Crippen molar-refractivity contribution in [3.8, 4) is 0 Å². The number of hydrogen-bond acceptors (Lipinski definition) is 4. The second kappa shape index (κ2) is 4.97. The van der Waals surface area contributed by atoms with Gasteiger partial charge in [-0.25, -0.2) is 0 Å². The molecule has 1 saturated heterocycles. The molecule has 0 aromatic carbocycles. The van der Waals surface area contributed by atoms with E-state index in [1.807, 2.05) is 17.2 Å². The number of hydrogen-bond donors (Lipinski definition) is 0. The topological polar surface area (TPSA) is 59.7 Å². The number of carbonyl (C=O) groups excluding carboxylic acids is 1. The van der Waals surface area contributed by atoms with Crippen molar-refractivity contribution in [3.05, 3.63) is 30.2 Å². The van der Waals surface area contributed by atoms with E-state index in [1.165, 1.54) is 0 Å². The Morgan fingerprint density at radius 2 is 2.37 bits per heavy atom. The van der Waals surface area contributed by atoms with Crippen LogP contribution in [0.3, 0.4) is 0 Å². The molecule has 1 aliphatic heterocycles. The summed E-state index contributed by atoms with van der Waals surface area (Å²) in [5.74, 6) is -0.00315. The summed E-state index contributed by atoms with van der Waals surface area (Å²) in [5.41, 5.74) is 1.19. The second-order valence-electron chi connectivity index (χ2n) is 4.73. The van der Waals surface area contributed by atoms with Crippen LogP contribution in [0.2, 0.25) is 0 Å². The van der Waals surface area contributed by atoms with Gasteiger partial charge in [0.1, 0.15) is 6.33 Å². The summed E-state index contributed by atoms with van der Waals surface area (Å²) in [6.45, 7) is 3.97. The fourth-order valence-electron chi connectivity index (χ4n) is 2.37. The van der Waals surface area contributed by atoms with Crippen LogP contribution in [0.15, 0.2) is 24.7 Å². The van der Waals surface area contributed by atoms with Crippen LogP contribution in [-0.4, -0.2) is 51.2 Å². The van der Waals surface area contributed by atoms with Crippen molar-refractivity contribution in [2.75, 3.05) is 19.8 Å². The van der Waals surface area contributed by atoms with E-state index in [1.54, 1.807) is 16.8 Å². The molecule has 3 heterocycles. The van der Waals surface area contributed by atoms with E-state index in [4.69, 9.17) is 4.74 Å². The van der Waals surface area contributed by atoms with Gasteiger partial charge in [-0.15, -0.1) is 10.2 Å². The van der Waals surface area contributed by atoms with E-state index < -0.39 is 0 Å². The Bertz CT molecular complexity index is 595. The van der Waals surface area contributed by atoms with Gasteiger partial charge >= 0.3 is 0 Å². The molecule has 0 aliphatic carbocycles. The minimum Gasteiger partial charge on any atom is -0.380 e. The van der Waals surface area contributed by atoms with Crippen LogP contribution in [0.25, 0.3) is 5.65 Å². The van der Waals surface area contributed by atoms with Gasteiger partial charge in [-0.2, -0.15) is 0 Å². The average molecular weight is 260 g/mol. The van der Waals surface area contributed by atoms with Gasteiger partial charge in [-0.05, 0) is 25.5 Å². The van der Waals surface area contributed by atoms with Gasteiger partial charge in [0.05, 0.1) is 12.2 Å². The summed E-state index contributed by atoms with van der Waals surface area (Å²) in [4.78, 5) is 14.5. The molecular weight excluding hydrogens is 244 g/mol. The molecule has 0 saturated carbocycles.